The molecule has 0 aromatic heterocycles. The lowest BCUT2D eigenvalue weighted by Crippen LogP contribution is -2.40. The minimum Gasteiger partial charge on any atom is -0.399 e. The van der Waals surface area contributed by atoms with Crippen LogP contribution >= 0.6 is 11.8 Å². The highest BCUT2D eigenvalue weighted by Crippen LogP contribution is 2.42. The molecular formula is C12H17FN2S. The van der Waals surface area contributed by atoms with Gasteiger partial charge in [-0.3, -0.25) is 0 Å². The fourth-order valence-corrected chi connectivity index (χ4v) is 2.92. The van der Waals surface area contributed by atoms with Crippen molar-refractivity contribution in [3.63, 3.8) is 0 Å². The summed E-state index contributed by atoms with van der Waals surface area (Å²) in [4.78, 5) is 0. The molecule has 0 bridgehead atoms. The van der Waals surface area contributed by atoms with Gasteiger partial charge in [-0.15, -0.1) is 0 Å². The standard InChI is InChI=1S/C12H17FN2S/c1-16-12(3-2-4-12)8-15-11-6-9(13)5-10(14)7-11/h5-7,15H,2-4,8,14H2,1H3. The van der Waals surface area contributed by atoms with Gasteiger partial charge in [-0.05, 0) is 37.3 Å². The molecule has 1 saturated carbocycles. The number of nitrogens with two attached hydrogens (primary N) is 1. The van der Waals surface area contributed by atoms with Gasteiger partial charge in [0.05, 0.1) is 0 Å². The molecule has 2 nitrogen and oxygen atoms in total. The average molecular weight is 240 g/mol. The minimum absolute atomic E-state index is 0.283. The summed E-state index contributed by atoms with van der Waals surface area (Å²) in [5.74, 6) is -0.283. The Balaban J connectivity index is 1.98. The first-order valence-corrected chi connectivity index (χ1v) is 6.71. The van der Waals surface area contributed by atoms with Crippen LogP contribution in [-0.2, 0) is 0 Å². The number of hydrogen-bond donors (Lipinski definition) is 2. The third kappa shape index (κ3) is 2.43. The van der Waals surface area contributed by atoms with Crippen molar-refractivity contribution in [2.45, 2.75) is 24.0 Å². The second-order valence-corrected chi connectivity index (χ2v) is 5.64. The Bertz CT molecular complexity index is 352. The molecule has 0 radical (unpaired) electrons. The molecule has 0 atom stereocenters. The molecule has 3 N–H and O–H groups in total. The average Bonchev–Trinajstić information content (AvgIpc) is 2.15. The number of thioether (sulfide) groups is 1. The summed E-state index contributed by atoms with van der Waals surface area (Å²) in [5, 5.41) is 3.28. The predicted molar refractivity (Wildman–Crippen MR) is 69.4 cm³/mol. The van der Waals surface area contributed by atoms with Crippen molar-refractivity contribution in [2.24, 2.45) is 0 Å². The quantitative estimate of drug-likeness (QED) is 0.794. The number of halogens is 1. The van der Waals surface area contributed by atoms with E-state index < -0.39 is 0 Å². The summed E-state index contributed by atoms with van der Waals surface area (Å²) in [7, 11) is 0. The first-order valence-electron chi connectivity index (χ1n) is 5.49. The van der Waals surface area contributed by atoms with Gasteiger partial charge < -0.3 is 11.1 Å². The number of hydrogen-bond acceptors (Lipinski definition) is 3. The molecule has 2 rings (SSSR count). The molecule has 0 aliphatic heterocycles. The number of nitrogens with one attached hydrogen (secondary N) is 1. The number of nitrogen functional groups attached to an aromatic ring is 1. The molecule has 88 valence electrons. The fraction of sp³-hybridized carbons (Fsp3) is 0.500. The van der Waals surface area contributed by atoms with Crippen molar-refractivity contribution < 1.29 is 4.39 Å². The minimum atomic E-state index is -0.283. The second-order valence-electron chi connectivity index (χ2n) is 4.37. The van der Waals surface area contributed by atoms with Crippen LogP contribution in [0.15, 0.2) is 18.2 Å². The molecule has 0 heterocycles. The number of benzene rings is 1. The van der Waals surface area contributed by atoms with Crippen molar-refractivity contribution in [1.29, 1.82) is 0 Å². The van der Waals surface area contributed by atoms with Gasteiger partial charge >= 0.3 is 0 Å². The van der Waals surface area contributed by atoms with Crippen LogP contribution in [0.25, 0.3) is 0 Å². The SMILES string of the molecule is CSC1(CNc2cc(N)cc(F)c2)CCC1. The van der Waals surface area contributed by atoms with Crippen LogP contribution in [0.1, 0.15) is 19.3 Å². The van der Waals surface area contributed by atoms with Crippen LogP contribution in [0.4, 0.5) is 15.8 Å². The van der Waals surface area contributed by atoms with Crippen LogP contribution in [0.5, 0.6) is 0 Å². The van der Waals surface area contributed by atoms with Gasteiger partial charge in [-0.2, -0.15) is 11.8 Å². The van der Waals surface area contributed by atoms with Crippen molar-refractivity contribution in [3.05, 3.63) is 24.0 Å². The van der Waals surface area contributed by atoms with E-state index in [-0.39, 0.29) is 5.82 Å². The third-order valence-corrected chi connectivity index (χ3v) is 4.65. The Morgan fingerprint density at radius 1 is 1.44 bits per heavy atom. The van der Waals surface area contributed by atoms with Gasteiger partial charge in [-0.25, -0.2) is 4.39 Å². The summed E-state index contributed by atoms with van der Waals surface area (Å²) in [6.07, 6.45) is 5.92. The lowest BCUT2D eigenvalue weighted by atomic mass is 9.84. The van der Waals surface area contributed by atoms with Gasteiger partial charge in [-0.1, -0.05) is 6.42 Å². The first-order chi connectivity index (χ1) is 7.63. The summed E-state index contributed by atoms with van der Waals surface area (Å²) >= 11 is 1.90. The Hall–Kier alpha value is -0.900. The van der Waals surface area contributed by atoms with Gasteiger partial charge in [0.1, 0.15) is 5.82 Å². The van der Waals surface area contributed by atoms with Crippen LogP contribution < -0.4 is 11.1 Å². The van der Waals surface area contributed by atoms with E-state index >= 15 is 0 Å². The monoisotopic (exact) mass is 240 g/mol. The third-order valence-electron chi connectivity index (χ3n) is 3.23. The van der Waals surface area contributed by atoms with E-state index in [9.17, 15) is 4.39 Å². The second kappa shape index (κ2) is 4.53. The van der Waals surface area contributed by atoms with Crippen molar-refractivity contribution >= 4 is 23.1 Å². The van der Waals surface area contributed by atoms with Crippen LogP contribution in [0, 0.1) is 5.82 Å². The van der Waals surface area contributed by atoms with E-state index in [0.717, 1.165) is 12.2 Å². The molecule has 1 aromatic rings. The molecule has 1 aliphatic carbocycles. The molecule has 1 fully saturated rings. The normalized spacial score (nSPS) is 17.9. The highest BCUT2D eigenvalue weighted by Gasteiger charge is 2.35. The van der Waals surface area contributed by atoms with Crippen LogP contribution in [0.2, 0.25) is 0 Å². The molecule has 1 aromatic carbocycles. The van der Waals surface area contributed by atoms with E-state index in [2.05, 4.69) is 11.6 Å². The molecule has 4 heteroatoms. The molecule has 1 aliphatic rings. The smallest absolute Gasteiger partial charge is 0.127 e. The topological polar surface area (TPSA) is 38.0 Å². The van der Waals surface area contributed by atoms with Crippen molar-refractivity contribution in [3.8, 4) is 0 Å². The van der Waals surface area contributed by atoms with Crippen molar-refractivity contribution in [1.82, 2.24) is 0 Å². The molecule has 16 heavy (non-hydrogen) atoms. The van der Waals surface area contributed by atoms with E-state index in [4.69, 9.17) is 5.73 Å². The molecular weight excluding hydrogens is 223 g/mol. The summed E-state index contributed by atoms with van der Waals surface area (Å²) < 4.78 is 13.4. The lowest BCUT2D eigenvalue weighted by molar-refractivity contribution is 0.380. The summed E-state index contributed by atoms with van der Waals surface area (Å²) in [6, 6.07) is 4.59. The van der Waals surface area contributed by atoms with Crippen LogP contribution in [-0.4, -0.2) is 17.5 Å². The largest absolute Gasteiger partial charge is 0.399 e. The van der Waals surface area contributed by atoms with Gasteiger partial charge in [0.2, 0.25) is 0 Å². The van der Waals surface area contributed by atoms with E-state index in [0.29, 0.717) is 10.4 Å². The van der Waals surface area contributed by atoms with Gasteiger partial charge in [0, 0.05) is 22.7 Å². The summed E-state index contributed by atoms with van der Waals surface area (Å²) in [6.45, 7) is 0.886. The highest BCUT2D eigenvalue weighted by molar-refractivity contribution is 8.00. The predicted octanol–water partition coefficient (Wildman–Crippen LogP) is 3.11. The molecule has 0 spiro atoms. The van der Waals surface area contributed by atoms with Crippen molar-refractivity contribution in [2.75, 3.05) is 23.9 Å². The Labute approximate surface area is 99.8 Å². The number of rotatable bonds is 4. The zero-order chi connectivity index (χ0) is 11.6. The molecule has 0 unspecified atom stereocenters. The first kappa shape index (κ1) is 11.6. The van der Waals surface area contributed by atoms with Gasteiger partial charge in [0.15, 0.2) is 0 Å². The Morgan fingerprint density at radius 3 is 2.69 bits per heavy atom. The van der Waals surface area contributed by atoms with Crippen LogP contribution in [0.3, 0.4) is 0 Å². The maximum Gasteiger partial charge on any atom is 0.127 e. The summed E-state index contributed by atoms with van der Waals surface area (Å²) in [5.41, 5.74) is 6.84. The Kier molecular flexibility index (Phi) is 3.28. The van der Waals surface area contributed by atoms with Gasteiger partial charge in [0.25, 0.3) is 0 Å². The maximum atomic E-state index is 13.1. The van der Waals surface area contributed by atoms with E-state index in [1.165, 1.54) is 31.4 Å². The van der Waals surface area contributed by atoms with E-state index in [1.54, 1.807) is 6.07 Å². The molecule has 0 amide bonds. The maximum absolute atomic E-state index is 13.1. The molecule has 0 saturated heterocycles. The Morgan fingerprint density at radius 2 is 2.19 bits per heavy atom. The zero-order valence-corrected chi connectivity index (χ0v) is 10.2. The fourth-order valence-electron chi connectivity index (χ4n) is 2.00. The highest BCUT2D eigenvalue weighted by atomic mass is 32.2. The number of anilines is 2. The zero-order valence-electron chi connectivity index (χ0n) is 9.42. The van der Waals surface area contributed by atoms with E-state index in [1.807, 2.05) is 11.8 Å². The lowest BCUT2D eigenvalue weighted by Gasteiger charge is -2.40.